The molecule has 0 saturated carbocycles. The summed E-state index contributed by atoms with van der Waals surface area (Å²) in [4.78, 5) is 12.6. The number of nitrogens with zero attached hydrogens (tertiary/aromatic N) is 5. The Bertz CT molecular complexity index is 916. The molecular weight excluding hydrogens is 378 g/mol. The zero-order valence-corrected chi connectivity index (χ0v) is 16.5. The number of rotatable bonds is 5. The lowest BCUT2D eigenvalue weighted by Gasteiger charge is -2.22. The Hall–Kier alpha value is -2.71. The minimum atomic E-state index is -0.274. The van der Waals surface area contributed by atoms with Gasteiger partial charge in [-0.3, -0.25) is 4.79 Å². The van der Waals surface area contributed by atoms with E-state index in [0.717, 1.165) is 37.2 Å². The van der Waals surface area contributed by atoms with Crippen molar-refractivity contribution in [1.29, 1.82) is 0 Å². The number of halogens is 1. The van der Waals surface area contributed by atoms with Crippen LogP contribution in [0.25, 0.3) is 0 Å². The molecule has 0 radical (unpaired) electrons. The highest BCUT2D eigenvalue weighted by Crippen LogP contribution is 2.18. The van der Waals surface area contributed by atoms with Crippen LogP contribution in [0.1, 0.15) is 40.6 Å². The SMILES string of the molecule is Cc1cc(NC(=O)c2cn(C3CCNCC3)nn2)n(Cc2ccccc2)n1.Cl. The Balaban J connectivity index is 0.00000225. The molecule has 1 fully saturated rings. The third kappa shape index (κ3) is 4.58. The molecule has 28 heavy (non-hydrogen) atoms. The summed E-state index contributed by atoms with van der Waals surface area (Å²) in [6.07, 6.45) is 3.72. The van der Waals surface area contributed by atoms with Crippen molar-refractivity contribution < 1.29 is 4.79 Å². The molecule has 1 aliphatic heterocycles. The van der Waals surface area contributed by atoms with Gasteiger partial charge in [0, 0.05) is 6.07 Å². The van der Waals surface area contributed by atoms with Crippen molar-refractivity contribution in [3.05, 3.63) is 59.5 Å². The molecule has 1 aliphatic rings. The largest absolute Gasteiger partial charge is 0.317 e. The zero-order valence-electron chi connectivity index (χ0n) is 15.7. The summed E-state index contributed by atoms with van der Waals surface area (Å²) < 4.78 is 3.60. The summed E-state index contributed by atoms with van der Waals surface area (Å²) in [6.45, 7) is 4.42. The first-order valence-electron chi connectivity index (χ1n) is 9.21. The third-order valence-corrected chi connectivity index (χ3v) is 4.74. The van der Waals surface area contributed by atoms with Crippen molar-refractivity contribution in [1.82, 2.24) is 30.1 Å². The molecule has 1 saturated heterocycles. The van der Waals surface area contributed by atoms with E-state index in [2.05, 4.69) is 26.0 Å². The number of hydrogen-bond donors (Lipinski definition) is 2. The molecular formula is C19H24ClN7O. The van der Waals surface area contributed by atoms with Crippen LogP contribution in [0.5, 0.6) is 0 Å². The Morgan fingerprint density at radius 1 is 1.25 bits per heavy atom. The molecule has 1 aromatic carbocycles. The van der Waals surface area contributed by atoms with Gasteiger partial charge in [-0.05, 0) is 38.4 Å². The van der Waals surface area contributed by atoms with Gasteiger partial charge in [0.15, 0.2) is 5.69 Å². The molecule has 4 rings (SSSR count). The van der Waals surface area contributed by atoms with Crippen molar-refractivity contribution in [3.8, 4) is 0 Å². The van der Waals surface area contributed by atoms with Crippen LogP contribution in [0.15, 0.2) is 42.6 Å². The number of nitrogens with one attached hydrogen (secondary N) is 2. The summed E-state index contributed by atoms with van der Waals surface area (Å²) in [5.41, 5.74) is 2.28. The van der Waals surface area contributed by atoms with Crippen molar-refractivity contribution in [3.63, 3.8) is 0 Å². The molecule has 0 unspecified atom stereocenters. The van der Waals surface area contributed by atoms with Gasteiger partial charge >= 0.3 is 0 Å². The molecule has 3 heterocycles. The highest BCUT2D eigenvalue weighted by molar-refractivity contribution is 6.02. The van der Waals surface area contributed by atoms with E-state index >= 15 is 0 Å². The zero-order chi connectivity index (χ0) is 18.6. The molecule has 3 aromatic rings. The second kappa shape index (κ2) is 8.99. The highest BCUT2D eigenvalue weighted by atomic mass is 35.5. The van der Waals surface area contributed by atoms with Crippen LogP contribution in [-0.4, -0.2) is 43.8 Å². The normalized spacial score (nSPS) is 14.5. The molecule has 1 amide bonds. The molecule has 8 nitrogen and oxygen atoms in total. The van der Waals surface area contributed by atoms with Crippen molar-refractivity contribution in [2.24, 2.45) is 0 Å². The van der Waals surface area contributed by atoms with Crippen LogP contribution in [0.4, 0.5) is 5.82 Å². The van der Waals surface area contributed by atoms with Crippen molar-refractivity contribution in [2.75, 3.05) is 18.4 Å². The third-order valence-electron chi connectivity index (χ3n) is 4.74. The number of carbonyl (C=O) groups is 1. The second-order valence-corrected chi connectivity index (χ2v) is 6.83. The van der Waals surface area contributed by atoms with Gasteiger partial charge in [0.2, 0.25) is 0 Å². The first-order chi connectivity index (χ1) is 13.2. The van der Waals surface area contributed by atoms with Crippen LogP contribution in [0.3, 0.4) is 0 Å². The predicted octanol–water partition coefficient (Wildman–Crippen LogP) is 2.43. The maximum Gasteiger partial charge on any atom is 0.278 e. The molecule has 9 heteroatoms. The van der Waals surface area contributed by atoms with Crippen LogP contribution >= 0.6 is 12.4 Å². The van der Waals surface area contributed by atoms with Gasteiger partial charge in [-0.1, -0.05) is 35.5 Å². The van der Waals surface area contributed by atoms with Crippen molar-refractivity contribution >= 4 is 24.1 Å². The number of aryl methyl sites for hydroxylation is 1. The van der Waals surface area contributed by atoms with E-state index in [4.69, 9.17) is 0 Å². The highest BCUT2D eigenvalue weighted by Gasteiger charge is 2.19. The van der Waals surface area contributed by atoms with E-state index in [-0.39, 0.29) is 18.3 Å². The number of benzene rings is 1. The fourth-order valence-corrected chi connectivity index (χ4v) is 3.33. The first kappa shape index (κ1) is 20.0. The quantitative estimate of drug-likeness (QED) is 0.685. The Morgan fingerprint density at radius 2 is 2.00 bits per heavy atom. The van der Waals surface area contributed by atoms with Crippen LogP contribution in [-0.2, 0) is 6.54 Å². The predicted molar refractivity (Wildman–Crippen MR) is 109 cm³/mol. The average Bonchev–Trinajstić information content (AvgIpc) is 3.31. The summed E-state index contributed by atoms with van der Waals surface area (Å²) >= 11 is 0. The minimum absolute atomic E-state index is 0. The maximum absolute atomic E-state index is 12.6. The van der Waals surface area contributed by atoms with Gasteiger partial charge < -0.3 is 10.6 Å². The van der Waals surface area contributed by atoms with Gasteiger partial charge in [0.1, 0.15) is 5.82 Å². The fraction of sp³-hybridized carbons (Fsp3) is 0.368. The molecule has 2 N–H and O–H groups in total. The van der Waals surface area contributed by atoms with Crippen molar-refractivity contribution in [2.45, 2.75) is 32.4 Å². The lowest BCUT2D eigenvalue weighted by atomic mass is 10.1. The first-order valence-corrected chi connectivity index (χ1v) is 9.21. The Labute approximate surface area is 169 Å². The topological polar surface area (TPSA) is 89.7 Å². The van der Waals surface area contributed by atoms with Crippen LogP contribution in [0, 0.1) is 6.92 Å². The van der Waals surface area contributed by atoms with E-state index in [1.54, 1.807) is 10.9 Å². The van der Waals surface area contributed by atoms with Gasteiger partial charge in [-0.25, -0.2) is 9.36 Å². The number of amides is 1. The van der Waals surface area contributed by atoms with E-state index in [0.29, 0.717) is 24.1 Å². The summed E-state index contributed by atoms with van der Waals surface area (Å²) in [7, 11) is 0. The average molecular weight is 402 g/mol. The Kier molecular flexibility index (Phi) is 6.43. The van der Waals surface area contributed by atoms with Crippen LogP contribution < -0.4 is 10.6 Å². The number of hydrogen-bond acceptors (Lipinski definition) is 5. The lowest BCUT2D eigenvalue weighted by Crippen LogP contribution is -2.29. The standard InChI is InChI=1S/C19H23N7O.ClH/c1-14-11-18(26(23-14)12-15-5-3-2-4-6-15)21-19(27)17-13-25(24-22-17)16-7-9-20-10-8-16;/h2-6,11,13,16,20H,7-10,12H2,1H3,(H,21,27);1H. The number of anilines is 1. The van der Waals surface area contributed by atoms with E-state index in [9.17, 15) is 4.79 Å². The molecule has 0 atom stereocenters. The number of carbonyl (C=O) groups excluding carboxylic acids is 1. The molecule has 0 spiro atoms. The number of piperidine rings is 1. The van der Waals surface area contributed by atoms with E-state index < -0.39 is 0 Å². The smallest absolute Gasteiger partial charge is 0.278 e. The summed E-state index contributed by atoms with van der Waals surface area (Å²) in [6, 6.07) is 12.2. The van der Waals surface area contributed by atoms with E-state index in [1.165, 1.54) is 0 Å². The maximum atomic E-state index is 12.6. The molecule has 0 bridgehead atoms. The number of aromatic nitrogens is 5. The van der Waals surface area contributed by atoms with Gasteiger partial charge in [0.05, 0.1) is 24.5 Å². The minimum Gasteiger partial charge on any atom is -0.317 e. The lowest BCUT2D eigenvalue weighted by molar-refractivity contribution is 0.102. The van der Waals surface area contributed by atoms with E-state index in [1.807, 2.05) is 48.0 Å². The van der Waals surface area contributed by atoms with Crippen LogP contribution in [0.2, 0.25) is 0 Å². The molecule has 148 valence electrons. The van der Waals surface area contributed by atoms with Gasteiger partial charge in [-0.2, -0.15) is 5.10 Å². The second-order valence-electron chi connectivity index (χ2n) is 6.83. The molecule has 0 aliphatic carbocycles. The summed E-state index contributed by atoms with van der Waals surface area (Å²) in [5, 5.41) is 18.9. The van der Waals surface area contributed by atoms with Gasteiger partial charge in [0.25, 0.3) is 5.91 Å². The monoisotopic (exact) mass is 401 g/mol. The molecule has 2 aromatic heterocycles. The Morgan fingerprint density at radius 3 is 2.75 bits per heavy atom. The summed E-state index contributed by atoms with van der Waals surface area (Å²) in [5.74, 6) is 0.377. The fourth-order valence-electron chi connectivity index (χ4n) is 3.33. The van der Waals surface area contributed by atoms with Gasteiger partial charge in [-0.15, -0.1) is 17.5 Å².